The highest BCUT2D eigenvalue weighted by atomic mass is 79.9. The van der Waals surface area contributed by atoms with Crippen LogP contribution >= 0.6 is 27.5 Å². The summed E-state index contributed by atoms with van der Waals surface area (Å²) in [6.45, 7) is 2.54. The lowest BCUT2D eigenvalue weighted by Gasteiger charge is -2.07. The van der Waals surface area contributed by atoms with Crippen LogP contribution in [-0.2, 0) is 9.53 Å². The predicted molar refractivity (Wildman–Crippen MR) is 77.4 cm³/mol. The Bertz CT molecular complexity index is 465. The number of hydrogen-bond acceptors (Lipinski definition) is 3. The van der Waals surface area contributed by atoms with Crippen molar-refractivity contribution in [2.45, 2.75) is 19.8 Å². The van der Waals surface area contributed by atoms with E-state index in [1.807, 2.05) is 0 Å². The molecular weight excluding hydrogens is 334 g/mol. The van der Waals surface area contributed by atoms with E-state index in [9.17, 15) is 9.59 Å². The van der Waals surface area contributed by atoms with Gasteiger partial charge < -0.3 is 10.1 Å². The third-order valence-corrected chi connectivity index (χ3v) is 3.13. The molecular formula is C13H15BrClNO3. The lowest BCUT2D eigenvalue weighted by atomic mass is 10.2. The molecule has 1 N–H and O–H groups in total. The van der Waals surface area contributed by atoms with Crippen molar-refractivity contribution < 1.29 is 14.3 Å². The van der Waals surface area contributed by atoms with Crippen LogP contribution in [0.25, 0.3) is 0 Å². The molecule has 0 spiro atoms. The maximum Gasteiger partial charge on any atom is 0.305 e. The number of esters is 1. The minimum absolute atomic E-state index is 0.249. The number of amides is 1. The molecule has 0 bridgehead atoms. The fourth-order valence-electron chi connectivity index (χ4n) is 1.44. The lowest BCUT2D eigenvalue weighted by Crippen LogP contribution is -2.25. The number of halogens is 2. The van der Waals surface area contributed by atoms with E-state index in [-0.39, 0.29) is 11.9 Å². The topological polar surface area (TPSA) is 55.4 Å². The van der Waals surface area contributed by atoms with Gasteiger partial charge in [0.05, 0.1) is 17.2 Å². The van der Waals surface area contributed by atoms with Crippen molar-refractivity contribution in [3.63, 3.8) is 0 Å². The van der Waals surface area contributed by atoms with Gasteiger partial charge in [-0.25, -0.2) is 0 Å². The van der Waals surface area contributed by atoms with Crippen molar-refractivity contribution in [3.8, 4) is 0 Å². The van der Waals surface area contributed by atoms with Crippen LogP contribution in [0.1, 0.15) is 30.1 Å². The normalized spacial score (nSPS) is 10.1. The predicted octanol–water partition coefficient (Wildman–Crippen LogP) is 3.18. The van der Waals surface area contributed by atoms with Gasteiger partial charge in [-0.1, -0.05) is 27.5 Å². The molecule has 0 aromatic heterocycles. The highest BCUT2D eigenvalue weighted by Crippen LogP contribution is 2.21. The SMILES string of the molecule is CCOC(=O)CCCNC(=O)c1ccc(Br)cc1Cl. The van der Waals surface area contributed by atoms with E-state index in [4.69, 9.17) is 16.3 Å². The molecule has 1 rings (SSSR count). The Labute approximate surface area is 125 Å². The van der Waals surface area contributed by atoms with Gasteiger partial charge in [0.1, 0.15) is 0 Å². The van der Waals surface area contributed by atoms with Crippen molar-refractivity contribution in [3.05, 3.63) is 33.3 Å². The van der Waals surface area contributed by atoms with E-state index in [0.717, 1.165) is 4.47 Å². The number of carbonyl (C=O) groups excluding carboxylic acids is 2. The van der Waals surface area contributed by atoms with Gasteiger partial charge in [-0.05, 0) is 31.5 Å². The Balaban J connectivity index is 2.37. The van der Waals surface area contributed by atoms with Gasteiger partial charge in [0.2, 0.25) is 0 Å². The van der Waals surface area contributed by atoms with Gasteiger partial charge in [-0.2, -0.15) is 0 Å². The van der Waals surface area contributed by atoms with Gasteiger partial charge in [0, 0.05) is 17.4 Å². The van der Waals surface area contributed by atoms with Crippen LogP contribution in [0, 0.1) is 0 Å². The average molecular weight is 349 g/mol. The monoisotopic (exact) mass is 347 g/mol. The maximum atomic E-state index is 11.8. The molecule has 0 atom stereocenters. The smallest absolute Gasteiger partial charge is 0.305 e. The lowest BCUT2D eigenvalue weighted by molar-refractivity contribution is -0.143. The van der Waals surface area contributed by atoms with Crippen LogP contribution < -0.4 is 5.32 Å². The highest BCUT2D eigenvalue weighted by molar-refractivity contribution is 9.10. The zero-order chi connectivity index (χ0) is 14.3. The molecule has 0 heterocycles. The quantitative estimate of drug-likeness (QED) is 0.634. The first-order valence-electron chi connectivity index (χ1n) is 5.93. The summed E-state index contributed by atoms with van der Waals surface area (Å²) in [5, 5.41) is 3.10. The van der Waals surface area contributed by atoms with Crippen molar-refractivity contribution in [1.82, 2.24) is 5.32 Å². The van der Waals surface area contributed by atoms with Crippen molar-refractivity contribution in [2.24, 2.45) is 0 Å². The van der Waals surface area contributed by atoms with Gasteiger partial charge in [0.15, 0.2) is 0 Å². The Morgan fingerprint density at radius 3 is 2.79 bits per heavy atom. The summed E-state index contributed by atoms with van der Waals surface area (Å²) in [6, 6.07) is 5.06. The van der Waals surface area contributed by atoms with Crippen LogP contribution in [0.4, 0.5) is 0 Å². The molecule has 0 aliphatic carbocycles. The van der Waals surface area contributed by atoms with Gasteiger partial charge in [0.25, 0.3) is 5.91 Å². The second-order valence-corrected chi connectivity index (χ2v) is 5.11. The van der Waals surface area contributed by atoms with Crippen LogP contribution in [0.2, 0.25) is 5.02 Å². The van der Waals surface area contributed by atoms with Gasteiger partial charge >= 0.3 is 5.97 Å². The summed E-state index contributed by atoms with van der Waals surface area (Å²) in [5.74, 6) is -0.500. The maximum absolute atomic E-state index is 11.8. The van der Waals surface area contributed by atoms with Gasteiger partial charge in [-0.15, -0.1) is 0 Å². The van der Waals surface area contributed by atoms with Crippen molar-refractivity contribution >= 4 is 39.4 Å². The molecule has 104 valence electrons. The number of nitrogens with one attached hydrogen (secondary N) is 1. The number of benzene rings is 1. The molecule has 0 fully saturated rings. The van der Waals surface area contributed by atoms with E-state index in [0.29, 0.717) is 36.6 Å². The summed E-state index contributed by atoms with van der Waals surface area (Å²) >= 11 is 9.24. The first kappa shape index (κ1) is 16.0. The average Bonchev–Trinajstić information content (AvgIpc) is 2.34. The fraction of sp³-hybridized carbons (Fsp3) is 0.385. The van der Waals surface area contributed by atoms with Crippen molar-refractivity contribution in [2.75, 3.05) is 13.2 Å². The molecule has 0 saturated carbocycles. The Hall–Kier alpha value is -1.07. The zero-order valence-electron chi connectivity index (χ0n) is 10.5. The van der Waals surface area contributed by atoms with Crippen LogP contribution in [-0.4, -0.2) is 25.0 Å². The number of carbonyl (C=O) groups is 2. The molecule has 0 aliphatic rings. The minimum Gasteiger partial charge on any atom is -0.466 e. The van der Waals surface area contributed by atoms with Crippen LogP contribution in [0.15, 0.2) is 22.7 Å². The summed E-state index contributed by atoms with van der Waals surface area (Å²) < 4.78 is 5.60. The first-order chi connectivity index (χ1) is 9.04. The first-order valence-corrected chi connectivity index (χ1v) is 7.10. The third kappa shape index (κ3) is 5.61. The summed E-state index contributed by atoms with van der Waals surface area (Å²) in [5.41, 5.74) is 0.418. The molecule has 6 heteroatoms. The largest absolute Gasteiger partial charge is 0.466 e. The highest BCUT2D eigenvalue weighted by Gasteiger charge is 2.10. The Kier molecular flexibility index (Phi) is 6.87. The molecule has 0 unspecified atom stereocenters. The number of ether oxygens (including phenoxy) is 1. The fourth-order valence-corrected chi connectivity index (χ4v) is 2.20. The summed E-state index contributed by atoms with van der Waals surface area (Å²) in [7, 11) is 0. The number of rotatable bonds is 6. The van der Waals surface area contributed by atoms with Crippen molar-refractivity contribution in [1.29, 1.82) is 0 Å². The molecule has 4 nitrogen and oxygen atoms in total. The second kappa shape index (κ2) is 8.17. The number of hydrogen-bond donors (Lipinski definition) is 1. The third-order valence-electron chi connectivity index (χ3n) is 2.32. The Morgan fingerprint density at radius 2 is 2.16 bits per heavy atom. The molecule has 19 heavy (non-hydrogen) atoms. The molecule has 1 amide bonds. The molecule has 1 aromatic rings. The molecule has 0 saturated heterocycles. The zero-order valence-corrected chi connectivity index (χ0v) is 12.9. The van der Waals surface area contributed by atoms with Crippen LogP contribution in [0.5, 0.6) is 0 Å². The molecule has 0 aliphatic heterocycles. The summed E-state index contributed by atoms with van der Waals surface area (Å²) in [6.07, 6.45) is 0.834. The van der Waals surface area contributed by atoms with E-state index in [1.165, 1.54) is 0 Å². The van der Waals surface area contributed by atoms with E-state index < -0.39 is 0 Å². The van der Waals surface area contributed by atoms with E-state index in [2.05, 4.69) is 21.2 Å². The van der Waals surface area contributed by atoms with E-state index in [1.54, 1.807) is 25.1 Å². The summed E-state index contributed by atoms with van der Waals surface area (Å²) in [4.78, 5) is 22.9. The molecule has 0 radical (unpaired) electrons. The Morgan fingerprint density at radius 1 is 1.42 bits per heavy atom. The van der Waals surface area contributed by atoms with Crippen LogP contribution in [0.3, 0.4) is 0 Å². The minimum atomic E-state index is -0.251. The van der Waals surface area contributed by atoms with Gasteiger partial charge in [-0.3, -0.25) is 9.59 Å². The molecule has 1 aromatic carbocycles. The second-order valence-electron chi connectivity index (χ2n) is 3.79. The van der Waals surface area contributed by atoms with E-state index >= 15 is 0 Å². The standard InChI is InChI=1S/C13H15BrClNO3/c1-2-19-12(17)4-3-7-16-13(18)10-6-5-9(14)8-11(10)15/h5-6,8H,2-4,7H2,1H3,(H,16,18).